The number of aryl methyl sites for hydroxylation is 1. The van der Waals surface area contributed by atoms with Crippen molar-refractivity contribution < 1.29 is 14.6 Å². The van der Waals surface area contributed by atoms with Crippen LogP contribution in [0.15, 0.2) is 79.8 Å². The maximum Gasteiger partial charge on any atom is 0.296 e. The second-order valence-corrected chi connectivity index (χ2v) is 9.71. The third-order valence-electron chi connectivity index (χ3n) is 5.58. The zero-order valence-electron chi connectivity index (χ0n) is 18.6. The van der Waals surface area contributed by atoms with Crippen LogP contribution in [-0.4, -0.2) is 28.1 Å². The molecule has 5 aromatic rings. The van der Waals surface area contributed by atoms with Crippen molar-refractivity contribution in [2.45, 2.75) is 6.92 Å². The van der Waals surface area contributed by atoms with Crippen molar-refractivity contribution >= 4 is 65.3 Å². The number of pyridine rings is 1. The SMILES string of the molecule is COc1ccc2nc(-c3ccc(Br)cc3)cc(C(=O)N=Nc3c(O)[nH]c4c(Br)cc(C)cc34)c2c1. The second kappa shape index (κ2) is 9.24. The minimum Gasteiger partial charge on any atom is -0.497 e. The van der Waals surface area contributed by atoms with Gasteiger partial charge < -0.3 is 14.8 Å². The van der Waals surface area contributed by atoms with Crippen LogP contribution in [0.25, 0.3) is 33.1 Å². The van der Waals surface area contributed by atoms with Gasteiger partial charge in [0, 0.05) is 25.3 Å². The lowest BCUT2D eigenvalue weighted by atomic mass is 10.0. The third-order valence-corrected chi connectivity index (χ3v) is 6.74. The van der Waals surface area contributed by atoms with Crippen molar-refractivity contribution in [3.05, 3.63) is 80.7 Å². The number of azo groups is 1. The second-order valence-electron chi connectivity index (χ2n) is 7.94. The molecule has 0 atom stereocenters. The van der Waals surface area contributed by atoms with Gasteiger partial charge in [-0.3, -0.25) is 4.79 Å². The number of aromatic nitrogens is 2. The Morgan fingerprint density at radius 1 is 1.03 bits per heavy atom. The Balaban J connectivity index is 1.63. The molecule has 0 bridgehead atoms. The molecule has 9 heteroatoms. The highest BCUT2D eigenvalue weighted by Gasteiger charge is 2.17. The first-order valence-electron chi connectivity index (χ1n) is 10.6. The maximum absolute atomic E-state index is 13.3. The molecule has 0 fully saturated rings. The number of nitrogens with one attached hydrogen (secondary N) is 1. The normalized spacial score (nSPS) is 11.5. The number of halogens is 2. The summed E-state index contributed by atoms with van der Waals surface area (Å²) in [6.45, 7) is 1.93. The monoisotopic (exact) mass is 592 g/mol. The number of rotatable bonds is 4. The first-order valence-corrected chi connectivity index (χ1v) is 12.1. The Morgan fingerprint density at radius 2 is 1.80 bits per heavy atom. The first kappa shape index (κ1) is 23.2. The van der Waals surface area contributed by atoms with Crippen LogP contribution in [0.3, 0.4) is 0 Å². The number of benzene rings is 3. The van der Waals surface area contributed by atoms with Crippen molar-refractivity contribution in [2.75, 3.05) is 7.11 Å². The van der Waals surface area contributed by atoms with Crippen LogP contribution in [0.4, 0.5) is 5.69 Å². The summed E-state index contributed by atoms with van der Waals surface area (Å²) in [6, 6.07) is 18.5. The van der Waals surface area contributed by atoms with E-state index in [0.29, 0.717) is 38.8 Å². The number of fused-ring (bicyclic) bond motifs is 2. The summed E-state index contributed by atoms with van der Waals surface area (Å²) in [5.74, 6) is -0.139. The van der Waals surface area contributed by atoms with Gasteiger partial charge in [0.15, 0.2) is 5.69 Å². The quantitative estimate of drug-likeness (QED) is 0.207. The van der Waals surface area contributed by atoms with Crippen LogP contribution in [-0.2, 0) is 0 Å². The van der Waals surface area contributed by atoms with Crippen molar-refractivity contribution in [3.63, 3.8) is 0 Å². The molecule has 1 amide bonds. The predicted octanol–water partition coefficient (Wildman–Crippen LogP) is 7.85. The largest absolute Gasteiger partial charge is 0.497 e. The van der Waals surface area contributed by atoms with Gasteiger partial charge in [0.2, 0.25) is 5.88 Å². The molecule has 0 unspecified atom stereocenters. The van der Waals surface area contributed by atoms with Crippen LogP contribution >= 0.6 is 31.9 Å². The molecule has 0 saturated carbocycles. The molecule has 0 radical (unpaired) electrons. The van der Waals surface area contributed by atoms with Gasteiger partial charge in [0.25, 0.3) is 5.91 Å². The summed E-state index contributed by atoms with van der Waals surface area (Å²) in [5, 5.41) is 19.8. The highest BCUT2D eigenvalue weighted by molar-refractivity contribution is 9.11. The van der Waals surface area contributed by atoms with E-state index >= 15 is 0 Å². The average Bonchev–Trinajstić information content (AvgIpc) is 3.17. The Hall–Kier alpha value is -3.56. The van der Waals surface area contributed by atoms with Gasteiger partial charge in [0.1, 0.15) is 5.75 Å². The molecular weight excluding hydrogens is 576 g/mol. The first-order chi connectivity index (χ1) is 16.8. The van der Waals surface area contributed by atoms with E-state index in [4.69, 9.17) is 9.72 Å². The molecule has 2 heterocycles. The molecule has 3 aromatic carbocycles. The van der Waals surface area contributed by atoms with Gasteiger partial charge >= 0.3 is 0 Å². The van der Waals surface area contributed by atoms with E-state index in [1.807, 2.05) is 43.3 Å². The molecule has 0 saturated heterocycles. The predicted molar refractivity (Wildman–Crippen MR) is 143 cm³/mol. The number of aromatic hydroxyl groups is 1. The van der Waals surface area contributed by atoms with Crippen LogP contribution in [0, 0.1) is 6.92 Å². The molecule has 2 aromatic heterocycles. The molecule has 0 aliphatic rings. The molecule has 0 aliphatic carbocycles. The van der Waals surface area contributed by atoms with Gasteiger partial charge in [-0.05, 0) is 76.9 Å². The molecule has 0 spiro atoms. The average molecular weight is 594 g/mol. The number of hydrogen-bond donors (Lipinski definition) is 2. The van der Waals surface area contributed by atoms with Crippen molar-refractivity contribution in [2.24, 2.45) is 10.2 Å². The highest BCUT2D eigenvalue weighted by Crippen LogP contribution is 2.39. The van der Waals surface area contributed by atoms with E-state index in [9.17, 15) is 9.90 Å². The smallest absolute Gasteiger partial charge is 0.296 e. The third kappa shape index (κ3) is 4.44. The van der Waals surface area contributed by atoms with Crippen LogP contribution in [0.2, 0.25) is 0 Å². The Bertz CT molecular complexity index is 1640. The molecular formula is C26H18Br2N4O3. The lowest BCUT2D eigenvalue weighted by molar-refractivity contribution is 0.0996. The number of aromatic amines is 1. The molecule has 35 heavy (non-hydrogen) atoms. The summed E-state index contributed by atoms with van der Waals surface area (Å²) >= 11 is 6.92. The fourth-order valence-electron chi connectivity index (χ4n) is 3.89. The summed E-state index contributed by atoms with van der Waals surface area (Å²) in [4.78, 5) is 20.9. The Morgan fingerprint density at radius 3 is 2.54 bits per heavy atom. The Kier molecular flexibility index (Phi) is 6.12. The van der Waals surface area contributed by atoms with Gasteiger partial charge in [0.05, 0.1) is 29.4 Å². The van der Waals surface area contributed by atoms with Gasteiger partial charge in [-0.25, -0.2) is 4.98 Å². The van der Waals surface area contributed by atoms with E-state index in [-0.39, 0.29) is 11.6 Å². The molecule has 7 nitrogen and oxygen atoms in total. The zero-order chi connectivity index (χ0) is 24.7. The van der Waals surface area contributed by atoms with E-state index in [1.54, 1.807) is 31.4 Å². The summed E-state index contributed by atoms with van der Waals surface area (Å²) < 4.78 is 7.07. The topological polar surface area (TPSA) is 99.9 Å². The van der Waals surface area contributed by atoms with E-state index in [1.165, 1.54) is 0 Å². The zero-order valence-corrected chi connectivity index (χ0v) is 21.8. The highest BCUT2D eigenvalue weighted by atomic mass is 79.9. The fraction of sp³-hybridized carbons (Fsp3) is 0.0769. The molecule has 174 valence electrons. The molecule has 0 aliphatic heterocycles. The Labute approximate surface area is 217 Å². The number of carbonyl (C=O) groups is 1. The van der Waals surface area contributed by atoms with Gasteiger partial charge in [-0.2, -0.15) is 0 Å². The number of H-pyrrole nitrogens is 1. The molecule has 2 N–H and O–H groups in total. The van der Waals surface area contributed by atoms with Crippen LogP contribution in [0.5, 0.6) is 11.6 Å². The van der Waals surface area contributed by atoms with Gasteiger partial charge in [-0.15, -0.1) is 10.2 Å². The summed E-state index contributed by atoms with van der Waals surface area (Å²) in [5.41, 5.74) is 4.27. The van der Waals surface area contributed by atoms with Crippen molar-refractivity contribution in [3.8, 4) is 22.9 Å². The van der Waals surface area contributed by atoms with Crippen LogP contribution in [0.1, 0.15) is 15.9 Å². The van der Waals surface area contributed by atoms with Gasteiger partial charge in [-0.1, -0.05) is 28.1 Å². The number of nitrogens with zero attached hydrogens (tertiary/aromatic N) is 3. The minimum atomic E-state index is -0.565. The standard InChI is InChI=1S/C26H18Br2N4O3/c1-13-9-19-23(20(28)10-13)30-26(34)24(19)31-32-25(33)18-12-22(14-3-5-15(27)6-4-14)29-21-8-7-16(35-2)11-17(18)21/h3-12,30,34H,1-2H3. The lowest BCUT2D eigenvalue weighted by Gasteiger charge is -2.09. The van der Waals surface area contributed by atoms with Crippen LogP contribution < -0.4 is 4.74 Å². The molecule has 5 rings (SSSR count). The van der Waals surface area contributed by atoms with E-state index in [0.717, 1.165) is 20.1 Å². The van der Waals surface area contributed by atoms with Crippen molar-refractivity contribution in [1.29, 1.82) is 0 Å². The number of methoxy groups -OCH3 is 1. The fourth-order valence-corrected chi connectivity index (χ4v) is 4.83. The van der Waals surface area contributed by atoms with Crippen molar-refractivity contribution in [1.82, 2.24) is 9.97 Å². The maximum atomic E-state index is 13.3. The number of hydrogen-bond acceptors (Lipinski definition) is 5. The number of carbonyl (C=O) groups excluding carboxylic acids is 1. The van der Waals surface area contributed by atoms with E-state index < -0.39 is 5.91 Å². The minimum absolute atomic E-state index is 0.167. The lowest BCUT2D eigenvalue weighted by Crippen LogP contribution is -1.99. The van der Waals surface area contributed by atoms with E-state index in [2.05, 4.69) is 47.1 Å². The number of ether oxygens (including phenoxy) is 1. The summed E-state index contributed by atoms with van der Waals surface area (Å²) in [7, 11) is 1.56. The number of amides is 1. The summed E-state index contributed by atoms with van der Waals surface area (Å²) in [6.07, 6.45) is 0.